The first kappa shape index (κ1) is 27.2. The minimum absolute atomic E-state index is 0.0288. The number of hydrogen-bond donors (Lipinski definition) is 3. The molecular formula is C27H34N2O7. The maximum absolute atomic E-state index is 12.5. The molecule has 1 heterocycles. The molecule has 0 bridgehead atoms. The van der Waals surface area contributed by atoms with E-state index in [1.54, 1.807) is 51.1 Å². The van der Waals surface area contributed by atoms with Crippen LogP contribution in [-0.2, 0) is 36.0 Å². The predicted octanol–water partition coefficient (Wildman–Crippen LogP) is 2.93. The summed E-state index contributed by atoms with van der Waals surface area (Å²) in [7, 11) is 0. The largest absolute Gasteiger partial charge is 0.444 e. The Morgan fingerprint density at radius 3 is 2.08 bits per heavy atom. The molecule has 0 spiro atoms. The van der Waals surface area contributed by atoms with Crippen molar-refractivity contribution in [2.24, 2.45) is 5.73 Å². The number of alkyl carbamates (subject to hydrolysis) is 1. The van der Waals surface area contributed by atoms with Gasteiger partial charge in [-0.05, 0) is 39.2 Å². The first-order valence-electron chi connectivity index (χ1n) is 11.9. The van der Waals surface area contributed by atoms with E-state index in [9.17, 15) is 19.5 Å². The molecule has 0 radical (unpaired) electrons. The summed E-state index contributed by atoms with van der Waals surface area (Å²) in [6.45, 7) is 5.26. The van der Waals surface area contributed by atoms with Crippen molar-refractivity contribution in [1.29, 1.82) is 0 Å². The summed E-state index contributed by atoms with van der Waals surface area (Å²) in [6, 6.07) is 15.8. The predicted molar refractivity (Wildman–Crippen MR) is 131 cm³/mol. The van der Waals surface area contributed by atoms with Crippen LogP contribution in [0.5, 0.6) is 0 Å². The van der Waals surface area contributed by atoms with Crippen LogP contribution in [0.15, 0.2) is 60.7 Å². The number of aliphatic hydroxyl groups excluding tert-OH is 1. The number of benzene rings is 2. The van der Waals surface area contributed by atoms with Crippen LogP contribution in [0.2, 0.25) is 0 Å². The maximum atomic E-state index is 12.5. The summed E-state index contributed by atoms with van der Waals surface area (Å²) in [5, 5.41) is 14.1. The van der Waals surface area contributed by atoms with E-state index in [2.05, 4.69) is 5.32 Å². The minimum Gasteiger partial charge on any atom is -0.444 e. The van der Waals surface area contributed by atoms with Gasteiger partial charge in [0.1, 0.15) is 11.6 Å². The fourth-order valence-corrected chi connectivity index (χ4v) is 4.04. The Bertz CT molecular complexity index is 1020. The molecule has 2 aromatic rings. The lowest BCUT2D eigenvalue weighted by Crippen LogP contribution is -2.58. The molecule has 0 aromatic heterocycles. The summed E-state index contributed by atoms with van der Waals surface area (Å²) < 4.78 is 16.6. The Balaban J connectivity index is 1.88. The summed E-state index contributed by atoms with van der Waals surface area (Å²) in [6.07, 6.45) is -1.96. The highest BCUT2D eigenvalue weighted by molar-refractivity contribution is 5.80. The molecule has 1 fully saturated rings. The third-order valence-corrected chi connectivity index (χ3v) is 5.67. The average molecular weight is 499 g/mol. The van der Waals surface area contributed by atoms with E-state index < -0.39 is 47.6 Å². The number of nitrogens with one attached hydrogen (secondary N) is 1. The van der Waals surface area contributed by atoms with Gasteiger partial charge in [0.05, 0.1) is 18.9 Å². The van der Waals surface area contributed by atoms with E-state index >= 15 is 0 Å². The zero-order chi connectivity index (χ0) is 26.3. The van der Waals surface area contributed by atoms with Crippen LogP contribution < -0.4 is 11.1 Å². The van der Waals surface area contributed by atoms with Crippen molar-refractivity contribution in [2.45, 2.75) is 76.0 Å². The van der Waals surface area contributed by atoms with Gasteiger partial charge < -0.3 is 30.4 Å². The van der Waals surface area contributed by atoms with Crippen molar-refractivity contribution in [2.75, 3.05) is 0 Å². The van der Waals surface area contributed by atoms with Crippen molar-refractivity contribution in [3.05, 3.63) is 71.8 Å². The van der Waals surface area contributed by atoms with Gasteiger partial charge in [0.15, 0.2) is 0 Å². The number of hydrogen-bond acceptors (Lipinski definition) is 8. The molecule has 3 rings (SSSR count). The van der Waals surface area contributed by atoms with Crippen LogP contribution in [0.3, 0.4) is 0 Å². The maximum Gasteiger partial charge on any atom is 0.407 e. The fraction of sp³-hybridized carbons (Fsp3) is 0.444. The molecule has 4 N–H and O–H groups in total. The monoisotopic (exact) mass is 498 g/mol. The number of carbonyl (C=O) groups excluding carboxylic acids is 3. The van der Waals surface area contributed by atoms with E-state index in [0.717, 1.165) is 5.56 Å². The molecule has 1 aliphatic rings. The fourth-order valence-electron chi connectivity index (χ4n) is 4.04. The molecule has 0 unspecified atom stereocenters. The number of cyclic esters (lactones) is 2. The molecular weight excluding hydrogens is 464 g/mol. The number of amides is 1. The molecule has 0 aliphatic carbocycles. The average Bonchev–Trinajstić information content (AvgIpc) is 2.97. The van der Waals surface area contributed by atoms with E-state index in [1.165, 1.54) is 0 Å². The van der Waals surface area contributed by atoms with Crippen LogP contribution in [-0.4, -0.2) is 46.9 Å². The second-order valence-corrected chi connectivity index (χ2v) is 9.84. The summed E-state index contributed by atoms with van der Waals surface area (Å²) in [5.74, 6) is -3.35. The van der Waals surface area contributed by atoms with Gasteiger partial charge in [-0.2, -0.15) is 0 Å². The highest BCUT2D eigenvalue weighted by atomic mass is 16.7. The quantitative estimate of drug-likeness (QED) is 0.473. The van der Waals surface area contributed by atoms with E-state index in [1.807, 2.05) is 30.3 Å². The Labute approximate surface area is 210 Å². The van der Waals surface area contributed by atoms with E-state index in [0.29, 0.717) is 12.0 Å². The van der Waals surface area contributed by atoms with Crippen LogP contribution >= 0.6 is 0 Å². The second-order valence-electron chi connectivity index (χ2n) is 9.84. The van der Waals surface area contributed by atoms with Gasteiger partial charge in [0.2, 0.25) is 0 Å². The van der Waals surface area contributed by atoms with Gasteiger partial charge in [0, 0.05) is 11.6 Å². The molecule has 9 nitrogen and oxygen atoms in total. The smallest absolute Gasteiger partial charge is 0.407 e. The zero-order valence-electron chi connectivity index (χ0n) is 20.8. The molecule has 194 valence electrons. The summed E-state index contributed by atoms with van der Waals surface area (Å²) in [4.78, 5) is 37.4. The van der Waals surface area contributed by atoms with Gasteiger partial charge in [-0.15, -0.1) is 0 Å². The molecule has 1 aliphatic heterocycles. The van der Waals surface area contributed by atoms with Gasteiger partial charge in [0.25, 0.3) is 0 Å². The third-order valence-electron chi connectivity index (χ3n) is 5.67. The van der Waals surface area contributed by atoms with Crippen LogP contribution in [0.4, 0.5) is 4.79 Å². The Morgan fingerprint density at radius 1 is 1.03 bits per heavy atom. The normalized spacial score (nSPS) is 18.1. The van der Waals surface area contributed by atoms with Gasteiger partial charge >= 0.3 is 23.8 Å². The standard InChI is InChI=1S/C27H34N2O7/c1-26(2,3)36-25(33)29-20(16-18-10-6-4-7-11-18)17-21(30)24(28)27(19-12-8-5-9-13-19)34-22(31)14-15-23(32)35-27/h4-13,20-21,24,30H,14-17,28H2,1-3H3,(H,29,33)/t20-,21-,24-/m0/s1. The number of nitrogens with two attached hydrogens (primary N) is 1. The number of esters is 2. The van der Waals surface area contributed by atoms with Crippen molar-refractivity contribution in [3.8, 4) is 0 Å². The molecule has 1 saturated heterocycles. The first-order valence-corrected chi connectivity index (χ1v) is 11.9. The SMILES string of the molecule is CC(C)(C)OC(=O)N[C@@H](Cc1ccccc1)C[C@H](O)[C@H](N)C1(c2ccccc2)OC(=O)CCC(=O)O1. The van der Waals surface area contributed by atoms with Crippen molar-refractivity contribution in [3.63, 3.8) is 0 Å². The zero-order valence-corrected chi connectivity index (χ0v) is 20.8. The van der Waals surface area contributed by atoms with Gasteiger partial charge in [-0.3, -0.25) is 9.59 Å². The molecule has 3 atom stereocenters. The number of rotatable bonds is 8. The van der Waals surface area contributed by atoms with E-state index in [4.69, 9.17) is 19.9 Å². The molecule has 1 amide bonds. The van der Waals surface area contributed by atoms with Crippen molar-refractivity contribution < 1.29 is 33.7 Å². The summed E-state index contributed by atoms with van der Waals surface area (Å²) in [5.41, 5.74) is 7.01. The lowest BCUT2D eigenvalue weighted by molar-refractivity contribution is -0.244. The lowest BCUT2D eigenvalue weighted by atomic mass is 9.89. The highest BCUT2D eigenvalue weighted by Crippen LogP contribution is 2.36. The van der Waals surface area contributed by atoms with Crippen LogP contribution in [0.1, 0.15) is 51.2 Å². The second kappa shape index (κ2) is 11.5. The summed E-state index contributed by atoms with van der Waals surface area (Å²) >= 11 is 0. The number of aliphatic hydroxyl groups is 1. The van der Waals surface area contributed by atoms with Crippen LogP contribution in [0, 0.1) is 0 Å². The van der Waals surface area contributed by atoms with Gasteiger partial charge in [-0.1, -0.05) is 60.7 Å². The highest BCUT2D eigenvalue weighted by Gasteiger charge is 2.51. The number of ether oxygens (including phenoxy) is 3. The molecule has 36 heavy (non-hydrogen) atoms. The Kier molecular flexibility index (Phi) is 8.70. The van der Waals surface area contributed by atoms with Crippen molar-refractivity contribution in [1.82, 2.24) is 5.32 Å². The minimum atomic E-state index is -2.02. The third kappa shape index (κ3) is 7.29. The topological polar surface area (TPSA) is 137 Å². The lowest BCUT2D eigenvalue weighted by Gasteiger charge is -2.39. The number of carbonyl (C=O) groups is 3. The Hall–Kier alpha value is -3.43. The molecule has 2 aromatic carbocycles. The van der Waals surface area contributed by atoms with Gasteiger partial charge in [-0.25, -0.2) is 4.79 Å². The molecule has 0 saturated carbocycles. The Morgan fingerprint density at radius 2 is 1.56 bits per heavy atom. The van der Waals surface area contributed by atoms with Crippen molar-refractivity contribution >= 4 is 18.0 Å². The first-order chi connectivity index (χ1) is 17.0. The van der Waals surface area contributed by atoms with Crippen LogP contribution in [0.25, 0.3) is 0 Å². The van der Waals surface area contributed by atoms with E-state index in [-0.39, 0.29) is 19.3 Å². The molecule has 9 heteroatoms.